The van der Waals surface area contributed by atoms with Gasteiger partial charge in [-0.05, 0) is 17.7 Å². The topological polar surface area (TPSA) is 50.2 Å². The first kappa shape index (κ1) is 17.4. The number of aromatic amines is 1. The molecule has 0 aliphatic carbocycles. The molecule has 0 spiro atoms. The van der Waals surface area contributed by atoms with Crippen LogP contribution in [0.5, 0.6) is 0 Å². The molecule has 0 amide bonds. The zero-order chi connectivity index (χ0) is 19.2. The zero-order valence-electron chi connectivity index (χ0n) is 13.6. The Kier molecular flexibility index (Phi) is 4.04. The molecule has 4 nitrogen and oxygen atoms in total. The van der Waals surface area contributed by atoms with Gasteiger partial charge in [0.2, 0.25) is 0 Å². The highest BCUT2D eigenvalue weighted by atomic mass is 35.5. The van der Waals surface area contributed by atoms with Crippen molar-refractivity contribution in [2.75, 3.05) is 0 Å². The van der Waals surface area contributed by atoms with E-state index in [9.17, 15) is 18.0 Å². The Morgan fingerprint density at radius 3 is 2.26 bits per heavy atom. The Bertz CT molecular complexity index is 1180. The third-order valence-electron chi connectivity index (χ3n) is 4.10. The van der Waals surface area contributed by atoms with Crippen molar-refractivity contribution >= 4 is 17.2 Å². The number of benzene rings is 2. The van der Waals surface area contributed by atoms with Gasteiger partial charge in [-0.2, -0.15) is 13.2 Å². The normalized spacial score (nSPS) is 11.9. The number of aromatic nitrogens is 3. The van der Waals surface area contributed by atoms with Crippen molar-refractivity contribution in [3.8, 4) is 22.4 Å². The van der Waals surface area contributed by atoms with Gasteiger partial charge in [-0.1, -0.05) is 54.1 Å². The molecule has 136 valence electrons. The Balaban J connectivity index is 2.10. The Morgan fingerprint density at radius 1 is 0.963 bits per heavy atom. The van der Waals surface area contributed by atoms with Gasteiger partial charge in [-0.15, -0.1) is 0 Å². The molecule has 4 aromatic rings. The van der Waals surface area contributed by atoms with Gasteiger partial charge in [0.05, 0.1) is 11.3 Å². The van der Waals surface area contributed by atoms with E-state index in [1.807, 2.05) is 0 Å². The van der Waals surface area contributed by atoms with Crippen LogP contribution < -0.4 is 5.56 Å². The molecule has 2 aromatic heterocycles. The SMILES string of the molecule is O=c1cc(C(F)(F)F)nc2c(-c3ccccc3)c(-c3ccc(Cl)cc3)[nH]n12. The summed E-state index contributed by atoms with van der Waals surface area (Å²) in [7, 11) is 0. The number of hydrogen-bond donors (Lipinski definition) is 1. The fourth-order valence-electron chi connectivity index (χ4n) is 2.89. The number of fused-ring (bicyclic) bond motifs is 1. The number of H-pyrrole nitrogens is 1. The van der Waals surface area contributed by atoms with Crippen molar-refractivity contribution in [2.45, 2.75) is 6.18 Å². The van der Waals surface area contributed by atoms with Crippen molar-refractivity contribution in [3.05, 3.63) is 81.7 Å². The van der Waals surface area contributed by atoms with E-state index < -0.39 is 17.4 Å². The molecule has 2 heterocycles. The predicted molar refractivity (Wildman–Crippen MR) is 96.7 cm³/mol. The van der Waals surface area contributed by atoms with E-state index in [1.165, 1.54) is 0 Å². The third kappa shape index (κ3) is 3.10. The van der Waals surface area contributed by atoms with Crippen LogP contribution in [0.2, 0.25) is 5.02 Å². The highest BCUT2D eigenvalue weighted by Gasteiger charge is 2.34. The van der Waals surface area contributed by atoms with Gasteiger partial charge in [-0.3, -0.25) is 9.89 Å². The molecule has 1 N–H and O–H groups in total. The second-order valence-corrected chi connectivity index (χ2v) is 6.31. The Hall–Kier alpha value is -3.06. The van der Waals surface area contributed by atoms with E-state index in [1.54, 1.807) is 54.6 Å². The predicted octanol–water partition coefficient (Wildman–Crippen LogP) is 5.03. The maximum absolute atomic E-state index is 13.2. The summed E-state index contributed by atoms with van der Waals surface area (Å²) < 4.78 is 40.5. The number of halogens is 4. The van der Waals surface area contributed by atoms with Gasteiger partial charge in [0.15, 0.2) is 11.3 Å². The van der Waals surface area contributed by atoms with E-state index in [0.29, 0.717) is 33.5 Å². The average molecular weight is 390 g/mol. The summed E-state index contributed by atoms with van der Waals surface area (Å²) in [5.74, 6) is 0. The summed E-state index contributed by atoms with van der Waals surface area (Å²) in [5, 5.41) is 3.40. The van der Waals surface area contributed by atoms with Crippen LogP contribution >= 0.6 is 11.6 Å². The van der Waals surface area contributed by atoms with Crippen molar-refractivity contribution in [2.24, 2.45) is 0 Å². The molecule has 4 rings (SSSR count). The van der Waals surface area contributed by atoms with Gasteiger partial charge in [0, 0.05) is 16.7 Å². The van der Waals surface area contributed by atoms with E-state index >= 15 is 0 Å². The first-order chi connectivity index (χ1) is 12.8. The maximum atomic E-state index is 13.2. The van der Waals surface area contributed by atoms with Crippen LogP contribution in [0.25, 0.3) is 28.0 Å². The standard InChI is InChI=1S/C19H11ClF3N3O/c20-13-8-6-12(7-9-13)17-16(11-4-2-1-3-5-11)18-24-14(19(21,22)23)10-15(27)26(18)25-17/h1-10,25H. The summed E-state index contributed by atoms with van der Waals surface area (Å²) in [4.78, 5) is 16.0. The highest BCUT2D eigenvalue weighted by Crippen LogP contribution is 2.35. The zero-order valence-corrected chi connectivity index (χ0v) is 14.3. The van der Waals surface area contributed by atoms with Crippen molar-refractivity contribution in [3.63, 3.8) is 0 Å². The molecule has 2 aromatic carbocycles. The van der Waals surface area contributed by atoms with Crippen LogP contribution in [0, 0.1) is 0 Å². The number of hydrogen-bond acceptors (Lipinski definition) is 2. The molecule has 0 radical (unpaired) electrons. The van der Waals surface area contributed by atoms with Crippen LogP contribution in [-0.4, -0.2) is 14.6 Å². The van der Waals surface area contributed by atoms with Crippen LogP contribution in [0.3, 0.4) is 0 Å². The minimum absolute atomic E-state index is 0.0917. The smallest absolute Gasteiger partial charge is 0.288 e. The lowest BCUT2D eigenvalue weighted by Crippen LogP contribution is -2.20. The second-order valence-electron chi connectivity index (χ2n) is 5.87. The quantitative estimate of drug-likeness (QED) is 0.523. The monoisotopic (exact) mass is 389 g/mol. The molecular weight excluding hydrogens is 379 g/mol. The van der Waals surface area contributed by atoms with Crippen molar-refractivity contribution in [1.82, 2.24) is 14.6 Å². The molecule has 0 atom stereocenters. The number of nitrogens with one attached hydrogen (secondary N) is 1. The summed E-state index contributed by atoms with van der Waals surface area (Å²) in [5.41, 5.74) is 0.00841. The molecule has 0 unspecified atom stereocenters. The first-order valence-electron chi connectivity index (χ1n) is 7.89. The van der Waals surface area contributed by atoms with Crippen LogP contribution in [0.15, 0.2) is 65.5 Å². The van der Waals surface area contributed by atoms with E-state index in [-0.39, 0.29) is 5.65 Å². The van der Waals surface area contributed by atoms with E-state index in [0.717, 1.165) is 4.52 Å². The molecule has 0 aliphatic rings. The third-order valence-corrected chi connectivity index (χ3v) is 4.35. The lowest BCUT2D eigenvalue weighted by Gasteiger charge is -2.06. The second kappa shape index (κ2) is 6.28. The van der Waals surface area contributed by atoms with Gasteiger partial charge >= 0.3 is 6.18 Å². The number of nitrogens with zero attached hydrogens (tertiary/aromatic N) is 2. The largest absolute Gasteiger partial charge is 0.433 e. The van der Waals surface area contributed by atoms with Gasteiger partial charge in [0.25, 0.3) is 5.56 Å². The minimum atomic E-state index is -4.72. The van der Waals surface area contributed by atoms with Crippen molar-refractivity contribution < 1.29 is 13.2 Å². The lowest BCUT2D eigenvalue weighted by molar-refractivity contribution is -0.141. The molecule has 0 saturated carbocycles. The molecule has 0 fully saturated rings. The molecule has 0 bridgehead atoms. The number of rotatable bonds is 2. The van der Waals surface area contributed by atoms with E-state index in [2.05, 4.69) is 10.1 Å². The molecule has 0 saturated heterocycles. The fourth-order valence-corrected chi connectivity index (χ4v) is 3.01. The Labute approximate surface area is 155 Å². The molecule has 8 heteroatoms. The van der Waals surface area contributed by atoms with Crippen LogP contribution in [0.4, 0.5) is 13.2 Å². The van der Waals surface area contributed by atoms with Crippen molar-refractivity contribution in [1.29, 1.82) is 0 Å². The highest BCUT2D eigenvalue weighted by molar-refractivity contribution is 6.30. The molecular formula is C19H11ClF3N3O. The first-order valence-corrected chi connectivity index (χ1v) is 8.27. The van der Waals surface area contributed by atoms with Crippen LogP contribution in [-0.2, 0) is 6.18 Å². The average Bonchev–Trinajstić information content (AvgIpc) is 3.02. The Morgan fingerprint density at radius 2 is 1.63 bits per heavy atom. The van der Waals surface area contributed by atoms with Gasteiger partial charge in [-0.25, -0.2) is 9.50 Å². The summed E-state index contributed by atoms with van der Waals surface area (Å²) in [6.07, 6.45) is -4.72. The fraction of sp³-hybridized carbons (Fsp3) is 0.0526. The maximum Gasteiger partial charge on any atom is 0.433 e. The van der Waals surface area contributed by atoms with Crippen LogP contribution in [0.1, 0.15) is 5.69 Å². The summed E-state index contributed by atoms with van der Waals surface area (Å²) in [6.45, 7) is 0. The molecule has 0 aliphatic heterocycles. The number of alkyl halides is 3. The molecule has 27 heavy (non-hydrogen) atoms. The van der Waals surface area contributed by atoms with E-state index in [4.69, 9.17) is 11.6 Å². The summed E-state index contributed by atoms with van der Waals surface area (Å²) in [6, 6.07) is 16.0. The minimum Gasteiger partial charge on any atom is -0.288 e. The van der Waals surface area contributed by atoms with Gasteiger partial charge < -0.3 is 0 Å². The van der Waals surface area contributed by atoms with Gasteiger partial charge in [0.1, 0.15) is 0 Å². The lowest BCUT2D eigenvalue weighted by atomic mass is 10.0. The summed E-state index contributed by atoms with van der Waals surface area (Å²) >= 11 is 5.93.